The van der Waals surface area contributed by atoms with Gasteiger partial charge in [-0.1, -0.05) is 24.6 Å². The molecule has 0 aromatic heterocycles. The first-order chi connectivity index (χ1) is 11.6. The maximum Gasteiger partial charge on any atom is 0.234 e. The molecule has 1 aromatic carbocycles. The van der Waals surface area contributed by atoms with Crippen LogP contribution in [-0.2, 0) is 16.1 Å². The van der Waals surface area contributed by atoms with Crippen molar-refractivity contribution in [1.29, 1.82) is 0 Å². The Bertz CT molecular complexity index is 565. The fourth-order valence-corrected chi connectivity index (χ4v) is 3.09. The summed E-state index contributed by atoms with van der Waals surface area (Å²) in [5.74, 6) is -0.423. The number of halogens is 1. The van der Waals surface area contributed by atoms with Gasteiger partial charge >= 0.3 is 0 Å². The second-order valence-electron chi connectivity index (χ2n) is 6.26. The van der Waals surface area contributed by atoms with E-state index in [9.17, 15) is 14.0 Å². The number of likely N-dealkylation sites (tertiary alicyclic amines) is 1. The number of hydrogen-bond acceptors (Lipinski definition) is 3. The summed E-state index contributed by atoms with van der Waals surface area (Å²) in [5.41, 5.74) is 0.492. The normalized spacial score (nSPS) is 18.2. The summed E-state index contributed by atoms with van der Waals surface area (Å²) >= 11 is 0. The summed E-state index contributed by atoms with van der Waals surface area (Å²) in [6.45, 7) is 3.55. The molecule has 132 valence electrons. The molecule has 1 heterocycles. The molecule has 1 atom stereocenters. The lowest BCUT2D eigenvalue weighted by Crippen LogP contribution is -2.46. The number of carbonyl (C=O) groups excluding carboxylic acids is 2. The molecular formula is C18H26FN3O2. The van der Waals surface area contributed by atoms with Gasteiger partial charge in [0.1, 0.15) is 5.82 Å². The molecule has 1 aliphatic rings. The third kappa shape index (κ3) is 5.92. The van der Waals surface area contributed by atoms with Crippen molar-refractivity contribution in [2.45, 2.75) is 45.2 Å². The predicted octanol–water partition coefficient (Wildman–Crippen LogP) is 1.82. The van der Waals surface area contributed by atoms with Crippen LogP contribution in [0.1, 0.15) is 38.2 Å². The zero-order chi connectivity index (χ0) is 17.4. The molecule has 0 bridgehead atoms. The number of amides is 2. The number of rotatable bonds is 7. The molecular weight excluding hydrogens is 309 g/mol. The van der Waals surface area contributed by atoms with Crippen LogP contribution >= 0.6 is 0 Å². The topological polar surface area (TPSA) is 61.4 Å². The zero-order valence-electron chi connectivity index (χ0n) is 14.2. The van der Waals surface area contributed by atoms with E-state index in [1.807, 2.05) is 0 Å². The van der Waals surface area contributed by atoms with Crippen LogP contribution in [0.3, 0.4) is 0 Å². The van der Waals surface area contributed by atoms with E-state index in [4.69, 9.17) is 0 Å². The highest BCUT2D eigenvalue weighted by molar-refractivity contribution is 5.78. The standard InChI is InChI=1S/C18H26FN3O2/c1-14(23)20-10-9-16-7-4-5-11-22(16)13-18(24)21-12-15-6-2-3-8-17(15)19/h2-3,6,8,16H,4-5,7,9-13H2,1H3,(H,20,23)(H,21,24)/t16-/m1/s1. The van der Waals surface area contributed by atoms with Crippen LogP contribution < -0.4 is 10.6 Å². The summed E-state index contributed by atoms with van der Waals surface area (Å²) in [6, 6.07) is 6.77. The molecule has 2 rings (SSSR count). The highest BCUT2D eigenvalue weighted by Crippen LogP contribution is 2.19. The minimum absolute atomic E-state index is 0.0278. The van der Waals surface area contributed by atoms with Crippen LogP contribution in [0.5, 0.6) is 0 Å². The summed E-state index contributed by atoms with van der Waals surface area (Å²) in [4.78, 5) is 25.3. The van der Waals surface area contributed by atoms with Crippen LogP contribution in [0.4, 0.5) is 4.39 Å². The van der Waals surface area contributed by atoms with Gasteiger partial charge in [-0.25, -0.2) is 4.39 Å². The van der Waals surface area contributed by atoms with E-state index in [0.717, 1.165) is 32.2 Å². The van der Waals surface area contributed by atoms with Gasteiger partial charge in [-0.2, -0.15) is 0 Å². The molecule has 1 fully saturated rings. The van der Waals surface area contributed by atoms with Crippen molar-refractivity contribution in [2.75, 3.05) is 19.6 Å². The minimum atomic E-state index is -0.302. The molecule has 1 saturated heterocycles. The summed E-state index contributed by atoms with van der Waals surface area (Å²) in [6.07, 6.45) is 4.12. The first kappa shape index (κ1) is 18.4. The van der Waals surface area contributed by atoms with E-state index in [1.165, 1.54) is 13.0 Å². The number of hydrogen-bond donors (Lipinski definition) is 2. The Morgan fingerprint density at radius 3 is 2.79 bits per heavy atom. The molecule has 1 aromatic rings. The Balaban J connectivity index is 1.79. The number of piperidine rings is 1. The van der Waals surface area contributed by atoms with Crippen LogP contribution in [0.25, 0.3) is 0 Å². The Morgan fingerprint density at radius 1 is 1.25 bits per heavy atom. The van der Waals surface area contributed by atoms with Crippen molar-refractivity contribution in [1.82, 2.24) is 15.5 Å². The van der Waals surface area contributed by atoms with Gasteiger partial charge in [-0.3, -0.25) is 14.5 Å². The lowest BCUT2D eigenvalue weighted by Gasteiger charge is -2.35. The van der Waals surface area contributed by atoms with E-state index in [0.29, 0.717) is 24.7 Å². The third-order valence-corrected chi connectivity index (χ3v) is 4.38. The van der Waals surface area contributed by atoms with E-state index in [-0.39, 0.29) is 24.2 Å². The monoisotopic (exact) mass is 335 g/mol. The van der Waals surface area contributed by atoms with Gasteiger partial charge in [0.15, 0.2) is 0 Å². The first-order valence-corrected chi connectivity index (χ1v) is 8.55. The Kier molecular flexibility index (Phi) is 7.18. The summed E-state index contributed by atoms with van der Waals surface area (Å²) in [7, 11) is 0. The number of nitrogens with one attached hydrogen (secondary N) is 2. The quantitative estimate of drug-likeness (QED) is 0.799. The van der Waals surface area contributed by atoms with Crippen molar-refractivity contribution in [3.8, 4) is 0 Å². The number of carbonyl (C=O) groups is 2. The van der Waals surface area contributed by atoms with Crippen molar-refractivity contribution < 1.29 is 14.0 Å². The molecule has 0 saturated carbocycles. The SMILES string of the molecule is CC(=O)NCC[C@H]1CCCCN1CC(=O)NCc1ccccc1F. The molecule has 2 N–H and O–H groups in total. The van der Waals surface area contributed by atoms with Crippen molar-refractivity contribution in [2.24, 2.45) is 0 Å². The van der Waals surface area contributed by atoms with E-state index in [1.54, 1.807) is 18.2 Å². The minimum Gasteiger partial charge on any atom is -0.356 e. The van der Waals surface area contributed by atoms with Gasteiger partial charge in [0.25, 0.3) is 0 Å². The average molecular weight is 335 g/mol. The van der Waals surface area contributed by atoms with Gasteiger partial charge in [-0.15, -0.1) is 0 Å². The van der Waals surface area contributed by atoms with Crippen LogP contribution in [0.2, 0.25) is 0 Å². The maximum atomic E-state index is 13.6. The van der Waals surface area contributed by atoms with E-state index in [2.05, 4.69) is 15.5 Å². The summed E-state index contributed by atoms with van der Waals surface area (Å²) < 4.78 is 13.6. The highest BCUT2D eigenvalue weighted by atomic mass is 19.1. The van der Waals surface area contributed by atoms with Crippen LogP contribution in [-0.4, -0.2) is 42.4 Å². The smallest absolute Gasteiger partial charge is 0.234 e. The van der Waals surface area contributed by atoms with E-state index < -0.39 is 0 Å². The van der Waals surface area contributed by atoms with Crippen LogP contribution in [0, 0.1) is 5.82 Å². The lowest BCUT2D eigenvalue weighted by molar-refractivity contribution is -0.123. The zero-order valence-corrected chi connectivity index (χ0v) is 14.2. The first-order valence-electron chi connectivity index (χ1n) is 8.55. The molecule has 0 unspecified atom stereocenters. The largest absolute Gasteiger partial charge is 0.356 e. The molecule has 2 amide bonds. The summed E-state index contributed by atoms with van der Waals surface area (Å²) in [5, 5.41) is 5.60. The fraction of sp³-hybridized carbons (Fsp3) is 0.556. The Hall–Kier alpha value is -1.95. The second kappa shape index (κ2) is 9.37. The Labute approximate surface area is 142 Å². The van der Waals surface area contributed by atoms with Crippen molar-refractivity contribution in [3.05, 3.63) is 35.6 Å². The molecule has 6 heteroatoms. The van der Waals surface area contributed by atoms with Gasteiger partial charge in [0.05, 0.1) is 6.54 Å². The second-order valence-corrected chi connectivity index (χ2v) is 6.26. The predicted molar refractivity (Wildman–Crippen MR) is 90.8 cm³/mol. The molecule has 0 radical (unpaired) electrons. The fourth-order valence-electron chi connectivity index (χ4n) is 3.09. The molecule has 1 aliphatic heterocycles. The lowest BCUT2D eigenvalue weighted by atomic mass is 9.99. The van der Waals surface area contributed by atoms with E-state index >= 15 is 0 Å². The van der Waals surface area contributed by atoms with Crippen molar-refractivity contribution in [3.63, 3.8) is 0 Å². The molecule has 0 spiro atoms. The van der Waals surface area contributed by atoms with Gasteiger partial charge in [0.2, 0.25) is 11.8 Å². The van der Waals surface area contributed by atoms with Crippen LogP contribution in [0.15, 0.2) is 24.3 Å². The number of nitrogens with zero attached hydrogens (tertiary/aromatic N) is 1. The van der Waals surface area contributed by atoms with Gasteiger partial charge in [0, 0.05) is 31.6 Å². The molecule has 0 aliphatic carbocycles. The molecule has 5 nitrogen and oxygen atoms in total. The van der Waals surface area contributed by atoms with Gasteiger partial charge in [-0.05, 0) is 31.9 Å². The molecule has 24 heavy (non-hydrogen) atoms. The van der Waals surface area contributed by atoms with Gasteiger partial charge < -0.3 is 10.6 Å². The van der Waals surface area contributed by atoms with Crippen molar-refractivity contribution >= 4 is 11.8 Å². The number of benzene rings is 1. The Morgan fingerprint density at radius 2 is 2.04 bits per heavy atom. The third-order valence-electron chi connectivity index (χ3n) is 4.38. The average Bonchev–Trinajstić information content (AvgIpc) is 2.55. The maximum absolute atomic E-state index is 13.6. The highest BCUT2D eigenvalue weighted by Gasteiger charge is 2.23.